The molecule has 2 N–H and O–H groups in total. The van der Waals surface area contributed by atoms with Crippen LogP contribution in [0.4, 0.5) is 0 Å². The minimum atomic E-state index is -0.0892. The Morgan fingerprint density at radius 2 is 2.35 bits per heavy atom. The zero-order valence-corrected chi connectivity index (χ0v) is 13.2. The van der Waals surface area contributed by atoms with Crippen LogP contribution in [-0.2, 0) is 0 Å². The summed E-state index contributed by atoms with van der Waals surface area (Å²) in [7, 11) is 1.93. The van der Waals surface area contributed by atoms with Crippen LogP contribution in [0.25, 0.3) is 0 Å². The second kappa shape index (κ2) is 7.77. The number of aromatic nitrogens is 1. The molecule has 1 fully saturated rings. The lowest BCUT2D eigenvalue weighted by Gasteiger charge is -2.26. The minimum Gasteiger partial charge on any atom is -0.319 e. The van der Waals surface area contributed by atoms with Crippen LogP contribution in [0.2, 0.25) is 0 Å². The molecule has 0 unspecified atom stereocenters. The van der Waals surface area contributed by atoms with Crippen LogP contribution in [0.15, 0.2) is 15.9 Å². The van der Waals surface area contributed by atoms with Crippen molar-refractivity contribution in [2.24, 2.45) is 0 Å². The van der Waals surface area contributed by atoms with E-state index in [1.165, 1.54) is 6.42 Å². The van der Waals surface area contributed by atoms with Crippen LogP contribution in [0.5, 0.6) is 0 Å². The van der Waals surface area contributed by atoms with E-state index >= 15 is 0 Å². The number of nitrogens with zero attached hydrogens (tertiary/aromatic N) is 1. The molecule has 2 rings (SSSR count). The Labute approximate surface area is 127 Å². The van der Waals surface area contributed by atoms with E-state index in [0.29, 0.717) is 11.5 Å². The molecule has 0 spiro atoms. The highest BCUT2D eigenvalue weighted by molar-refractivity contribution is 8.16. The van der Waals surface area contributed by atoms with Gasteiger partial charge in [-0.3, -0.25) is 4.79 Å². The summed E-state index contributed by atoms with van der Waals surface area (Å²) in [5.74, 6) is 1.43. The van der Waals surface area contributed by atoms with Crippen molar-refractivity contribution in [1.29, 1.82) is 5.26 Å². The molecule has 0 bridgehead atoms. The van der Waals surface area contributed by atoms with E-state index in [0.717, 1.165) is 40.8 Å². The molecule has 6 heteroatoms. The standard InChI is InChI=1S/C14H19N3OS2/c1-16-5-6-19-9-20-14-12(8-15)11(7-13(18)17-14)10-3-2-4-10/h7,10,16H,2-6,9H2,1H3,(H,17,18). The second-order valence-corrected chi connectivity index (χ2v) is 7.26. The lowest BCUT2D eigenvalue weighted by atomic mass is 9.79. The van der Waals surface area contributed by atoms with E-state index in [-0.39, 0.29) is 5.56 Å². The number of nitriles is 1. The van der Waals surface area contributed by atoms with E-state index < -0.39 is 0 Å². The van der Waals surface area contributed by atoms with E-state index in [1.807, 2.05) is 7.05 Å². The van der Waals surface area contributed by atoms with Gasteiger partial charge < -0.3 is 10.3 Å². The molecule has 108 valence electrons. The van der Waals surface area contributed by atoms with Crippen molar-refractivity contribution in [3.8, 4) is 6.07 Å². The largest absolute Gasteiger partial charge is 0.319 e. The number of rotatable bonds is 7. The molecule has 0 aliphatic heterocycles. The minimum absolute atomic E-state index is 0.0892. The van der Waals surface area contributed by atoms with Crippen molar-refractivity contribution in [3.05, 3.63) is 27.5 Å². The van der Waals surface area contributed by atoms with Crippen molar-refractivity contribution in [3.63, 3.8) is 0 Å². The zero-order valence-electron chi connectivity index (χ0n) is 11.6. The second-order valence-electron chi connectivity index (χ2n) is 4.81. The average molecular weight is 309 g/mol. The first-order valence-corrected chi connectivity index (χ1v) is 8.92. The number of pyridine rings is 1. The maximum atomic E-state index is 11.8. The first-order valence-electron chi connectivity index (χ1n) is 6.78. The van der Waals surface area contributed by atoms with Crippen molar-refractivity contribution in [1.82, 2.24) is 10.3 Å². The SMILES string of the molecule is CNCCSCSc1[nH]c(=O)cc(C2CCC2)c1C#N. The molecule has 0 aromatic carbocycles. The first-order chi connectivity index (χ1) is 9.76. The van der Waals surface area contributed by atoms with E-state index in [9.17, 15) is 10.1 Å². The summed E-state index contributed by atoms with van der Waals surface area (Å²) in [6.45, 7) is 0.967. The summed E-state index contributed by atoms with van der Waals surface area (Å²) in [5, 5.41) is 14.1. The predicted octanol–water partition coefficient (Wildman–Crippen LogP) is 2.52. The van der Waals surface area contributed by atoms with Gasteiger partial charge in [-0.2, -0.15) is 5.26 Å². The molecule has 20 heavy (non-hydrogen) atoms. The van der Waals surface area contributed by atoms with Crippen molar-refractivity contribution in [2.45, 2.75) is 30.2 Å². The third-order valence-corrected chi connectivity index (χ3v) is 5.70. The Morgan fingerprint density at radius 1 is 1.55 bits per heavy atom. The number of aromatic amines is 1. The van der Waals surface area contributed by atoms with Crippen LogP contribution in [-0.4, -0.2) is 29.4 Å². The summed E-state index contributed by atoms with van der Waals surface area (Å²) in [6.07, 6.45) is 3.39. The van der Waals surface area contributed by atoms with Gasteiger partial charge in [-0.25, -0.2) is 0 Å². The first kappa shape index (κ1) is 15.5. The lowest BCUT2D eigenvalue weighted by Crippen LogP contribution is -2.17. The van der Waals surface area contributed by atoms with E-state index in [4.69, 9.17) is 0 Å². The predicted molar refractivity (Wildman–Crippen MR) is 85.5 cm³/mol. The molecule has 1 heterocycles. The summed E-state index contributed by atoms with van der Waals surface area (Å²) in [4.78, 5) is 14.6. The van der Waals surface area contributed by atoms with Crippen molar-refractivity contribution < 1.29 is 0 Å². The smallest absolute Gasteiger partial charge is 0.249 e. The number of hydrogen-bond acceptors (Lipinski definition) is 5. The normalized spacial score (nSPS) is 14.8. The van der Waals surface area contributed by atoms with Gasteiger partial charge in [0, 0.05) is 23.4 Å². The van der Waals surface area contributed by atoms with Crippen LogP contribution < -0.4 is 10.9 Å². The third kappa shape index (κ3) is 3.81. The summed E-state index contributed by atoms with van der Waals surface area (Å²) < 4.78 is 0. The molecule has 0 radical (unpaired) electrons. The molecule has 0 atom stereocenters. The number of H-pyrrole nitrogens is 1. The quantitative estimate of drug-likeness (QED) is 0.460. The Morgan fingerprint density at radius 3 is 2.95 bits per heavy atom. The molecule has 1 aliphatic carbocycles. The molecular formula is C14H19N3OS2. The highest BCUT2D eigenvalue weighted by Gasteiger charge is 2.24. The molecule has 1 aromatic heterocycles. The fraction of sp³-hybridized carbons (Fsp3) is 0.571. The molecule has 1 aliphatic rings. The number of thioether (sulfide) groups is 2. The van der Waals surface area contributed by atoms with Gasteiger partial charge in [-0.15, -0.1) is 11.8 Å². The van der Waals surface area contributed by atoms with Crippen molar-refractivity contribution >= 4 is 23.5 Å². The van der Waals surface area contributed by atoms with Crippen LogP contribution in [0.3, 0.4) is 0 Å². The van der Waals surface area contributed by atoms with E-state index in [2.05, 4.69) is 16.4 Å². The maximum absolute atomic E-state index is 11.8. The number of nitrogens with one attached hydrogen (secondary N) is 2. The van der Waals surface area contributed by atoms with Crippen LogP contribution in [0, 0.1) is 11.3 Å². The average Bonchev–Trinajstić information content (AvgIpc) is 2.36. The lowest BCUT2D eigenvalue weighted by molar-refractivity contribution is 0.417. The Balaban J connectivity index is 2.09. The van der Waals surface area contributed by atoms with Gasteiger partial charge in [-0.1, -0.05) is 18.2 Å². The van der Waals surface area contributed by atoms with Gasteiger partial charge in [0.15, 0.2) is 0 Å². The Bertz CT molecular complexity index is 546. The number of hydrogen-bond donors (Lipinski definition) is 2. The van der Waals surface area contributed by atoms with E-state index in [1.54, 1.807) is 29.6 Å². The highest BCUT2D eigenvalue weighted by atomic mass is 32.2. The molecular weight excluding hydrogens is 290 g/mol. The van der Waals surface area contributed by atoms with Gasteiger partial charge in [0.2, 0.25) is 5.56 Å². The highest BCUT2D eigenvalue weighted by Crippen LogP contribution is 2.39. The Hall–Kier alpha value is -0.900. The summed E-state index contributed by atoms with van der Waals surface area (Å²) >= 11 is 3.36. The van der Waals surface area contributed by atoms with Gasteiger partial charge >= 0.3 is 0 Å². The zero-order chi connectivity index (χ0) is 14.4. The fourth-order valence-electron chi connectivity index (χ4n) is 2.15. The fourth-order valence-corrected chi connectivity index (χ4v) is 4.26. The van der Waals surface area contributed by atoms with Crippen LogP contribution in [0.1, 0.15) is 36.3 Å². The molecule has 0 saturated heterocycles. The maximum Gasteiger partial charge on any atom is 0.249 e. The van der Waals surface area contributed by atoms with Gasteiger partial charge in [0.1, 0.15) is 6.07 Å². The third-order valence-electron chi connectivity index (χ3n) is 3.48. The monoisotopic (exact) mass is 309 g/mol. The van der Waals surface area contributed by atoms with Gasteiger partial charge in [0.05, 0.1) is 10.6 Å². The molecule has 1 saturated carbocycles. The van der Waals surface area contributed by atoms with Crippen LogP contribution >= 0.6 is 23.5 Å². The molecule has 1 aromatic rings. The van der Waals surface area contributed by atoms with Crippen molar-refractivity contribution in [2.75, 3.05) is 24.4 Å². The molecule has 0 amide bonds. The summed E-state index contributed by atoms with van der Waals surface area (Å²) in [5.41, 5.74) is 1.53. The topological polar surface area (TPSA) is 68.7 Å². The summed E-state index contributed by atoms with van der Waals surface area (Å²) in [6, 6.07) is 3.89. The van der Waals surface area contributed by atoms with Gasteiger partial charge in [-0.05, 0) is 31.4 Å². The van der Waals surface area contributed by atoms with Gasteiger partial charge in [0.25, 0.3) is 0 Å². The molecule has 4 nitrogen and oxygen atoms in total. The Kier molecular flexibility index (Phi) is 6.02.